The number of allylic oxidation sites excluding steroid dienone is 1. The molecule has 11 heavy (non-hydrogen) atoms. The van der Waals surface area contributed by atoms with E-state index in [9.17, 15) is 4.79 Å². The Bertz CT molecular complexity index is 257. The van der Waals surface area contributed by atoms with Crippen molar-refractivity contribution in [1.29, 1.82) is 0 Å². The average molecular weight is 265 g/mol. The monoisotopic (exact) mass is 265 g/mol. The second-order valence-corrected chi connectivity index (χ2v) is 3.29. The SMILES string of the molecule is NC(=O)C1=C(N)C(I)=CNC1. The van der Waals surface area contributed by atoms with E-state index in [1.807, 2.05) is 22.6 Å². The van der Waals surface area contributed by atoms with Gasteiger partial charge in [0.25, 0.3) is 0 Å². The highest BCUT2D eigenvalue weighted by Crippen LogP contribution is 2.18. The van der Waals surface area contributed by atoms with Gasteiger partial charge in [0.1, 0.15) is 0 Å². The number of primary amides is 1. The standard InChI is InChI=1S/C6H8IN3O/c7-4-2-10-1-3(5(4)8)6(9)11/h2,10H,1,8H2,(H2,9,11). The van der Waals surface area contributed by atoms with E-state index >= 15 is 0 Å². The molecule has 0 atom stereocenters. The lowest BCUT2D eigenvalue weighted by atomic mass is 10.1. The average Bonchev–Trinajstić information content (AvgIpc) is 1.94. The predicted molar refractivity (Wildman–Crippen MR) is 50.5 cm³/mol. The number of nitrogens with two attached hydrogens (primary N) is 2. The molecule has 0 aromatic rings. The number of carbonyl (C=O) groups excluding carboxylic acids is 1. The van der Waals surface area contributed by atoms with E-state index in [4.69, 9.17) is 11.5 Å². The number of rotatable bonds is 1. The van der Waals surface area contributed by atoms with Gasteiger partial charge in [-0.2, -0.15) is 0 Å². The predicted octanol–water partition coefficient (Wildman–Crippen LogP) is -0.436. The fourth-order valence-electron chi connectivity index (χ4n) is 0.780. The largest absolute Gasteiger partial charge is 0.397 e. The van der Waals surface area contributed by atoms with E-state index in [0.29, 0.717) is 17.8 Å². The molecule has 0 aromatic heterocycles. The Morgan fingerprint density at radius 3 is 2.82 bits per heavy atom. The molecular formula is C6H8IN3O. The van der Waals surface area contributed by atoms with E-state index in [1.54, 1.807) is 6.20 Å². The molecule has 0 saturated carbocycles. The second-order valence-electron chi connectivity index (χ2n) is 2.13. The van der Waals surface area contributed by atoms with Gasteiger partial charge in [-0.15, -0.1) is 0 Å². The van der Waals surface area contributed by atoms with Crippen molar-refractivity contribution in [3.8, 4) is 0 Å². The van der Waals surface area contributed by atoms with Crippen molar-refractivity contribution in [1.82, 2.24) is 5.32 Å². The molecule has 5 heteroatoms. The number of nitrogens with one attached hydrogen (secondary N) is 1. The lowest BCUT2D eigenvalue weighted by Crippen LogP contribution is -2.29. The molecular weight excluding hydrogens is 257 g/mol. The van der Waals surface area contributed by atoms with E-state index < -0.39 is 5.91 Å². The number of amides is 1. The molecule has 0 fully saturated rings. The van der Waals surface area contributed by atoms with E-state index in [0.717, 1.165) is 3.58 Å². The van der Waals surface area contributed by atoms with Crippen molar-refractivity contribution in [3.05, 3.63) is 21.0 Å². The third-order valence-corrected chi connectivity index (χ3v) is 2.28. The van der Waals surface area contributed by atoms with Crippen molar-refractivity contribution >= 4 is 28.5 Å². The highest BCUT2D eigenvalue weighted by atomic mass is 127. The normalized spacial score (nSPS) is 17.4. The maximum Gasteiger partial charge on any atom is 0.248 e. The van der Waals surface area contributed by atoms with Crippen LogP contribution in [-0.4, -0.2) is 12.5 Å². The van der Waals surface area contributed by atoms with Crippen LogP contribution in [0.2, 0.25) is 0 Å². The van der Waals surface area contributed by atoms with Crippen molar-refractivity contribution in [2.45, 2.75) is 0 Å². The van der Waals surface area contributed by atoms with E-state index in [1.165, 1.54) is 0 Å². The van der Waals surface area contributed by atoms with Crippen LogP contribution in [0.5, 0.6) is 0 Å². The zero-order valence-corrected chi connectivity index (χ0v) is 7.88. The molecule has 0 aromatic carbocycles. The molecule has 1 aliphatic heterocycles. The molecule has 0 unspecified atom stereocenters. The molecule has 0 aliphatic carbocycles. The summed E-state index contributed by atoms with van der Waals surface area (Å²) in [6.45, 7) is 0.424. The lowest BCUT2D eigenvalue weighted by Gasteiger charge is -2.13. The zero-order chi connectivity index (χ0) is 8.43. The van der Waals surface area contributed by atoms with E-state index in [-0.39, 0.29) is 0 Å². The molecule has 1 heterocycles. The summed E-state index contributed by atoms with van der Waals surface area (Å²) >= 11 is 2.04. The maximum absolute atomic E-state index is 10.7. The maximum atomic E-state index is 10.7. The minimum absolute atomic E-state index is 0.424. The van der Waals surface area contributed by atoms with E-state index in [2.05, 4.69) is 5.32 Å². The number of halogens is 1. The number of dihydropyridines is 1. The molecule has 5 N–H and O–H groups in total. The van der Waals surface area contributed by atoms with Crippen LogP contribution in [0.15, 0.2) is 21.0 Å². The van der Waals surface area contributed by atoms with Crippen LogP contribution in [-0.2, 0) is 4.79 Å². The zero-order valence-electron chi connectivity index (χ0n) is 5.73. The summed E-state index contributed by atoms with van der Waals surface area (Å²) < 4.78 is 0.822. The Morgan fingerprint density at radius 1 is 1.73 bits per heavy atom. The van der Waals surface area contributed by atoms with Crippen molar-refractivity contribution in [2.24, 2.45) is 11.5 Å². The van der Waals surface area contributed by atoms with Gasteiger partial charge in [0.15, 0.2) is 0 Å². The minimum atomic E-state index is -0.461. The first kappa shape index (κ1) is 8.38. The van der Waals surface area contributed by atoms with Crippen LogP contribution in [0, 0.1) is 0 Å². The first-order valence-electron chi connectivity index (χ1n) is 3.00. The van der Waals surface area contributed by atoms with Gasteiger partial charge in [0, 0.05) is 12.7 Å². The van der Waals surface area contributed by atoms with Gasteiger partial charge in [-0.05, 0) is 22.6 Å². The molecule has 0 radical (unpaired) electrons. The van der Waals surface area contributed by atoms with Gasteiger partial charge in [0.05, 0.1) is 14.8 Å². The van der Waals surface area contributed by atoms with Crippen LogP contribution >= 0.6 is 22.6 Å². The van der Waals surface area contributed by atoms with Crippen molar-refractivity contribution < 1.29 is 4.79 Å². The Hall–Kier alpha value is -0.720. The molecule has 0 bridgehead atoms. The second kappa shape index (κ2) is 3.12. The fraction of sp³-hybridized carbons (Fsp3) is 0.167. The molecule has 0 saturated heterocycles. The highest BCUT2D eigenvalue weighted by molar-refractivity contribution is 14.1. The molecule has 60 valence electrons. The summed E-state index contributed by atoms with van der Waals surface area (Å²) in [5.74, 6) is -0.461. The third kappa shape index (κ3) is 1.65. The molecule has 1 amide bonds. The molecule has 1 rings (SSSR count). The van der Waals surface area contributed by atoms with Gasteiger partial charge in [-0.25, -0.2) is 0 Å². The van der Waals surface area contributed by atoms with Crippen LogP contribution in [0.1, 0.15) is 0 Å². The number of hydrogen-bond acceptors (Lipinski definition) is 3. The molecule has 0 spiro atoms. The topological polar surface area (TPSA) is 81.1 Å². The van der Waals surface area contributed by atoms with Crippen LogP contribution in [0.3, 0.4) is 0 Å². The van der Waals surface area contributed by atoms with Crippen molar-refractivity contribution in [3.63, 3.8) is 0 Å². The quantitative estimate of drug-likeness (QED) is 0.562. The number of carbonyl (C=O) groups is 1. The summed E-state index contributed by atoms with van der Waals surface area (Å²) in [6.07, 6.45) is 1.75. The lowest BCUT2D eigenvalue weighted by molar-refractivity contribution is -0.114. The van der Waals surface area contributed by atoms with Crippen molar-refractivity contribution in [2.75, 3.05) is 6.54 Å². The molecule has 4 nitrogen and oxygen atoms in total. The Balaban J connectivity index is 3.01. The summed E-state index contributed by atoms with van der Waals surface area (Å²) in [7, 11) is 0. The van der Waals surface area contributed by atoms with Crippen LogP contribution in [0.25, 0.3) is 0 Å². The number of hydrogen-bond donors (Lipinski definition) is 3. The van der Waals surface area contributed by atoms with Gasteiger partial charge in [-0.1, -0.05) is 0 Å². The Labute approximate surface area is 77.8 Å². The third-order valence-electron chi connectivity index (χ3n) is 1.39. The Kier molecular flexibility index (Phi) is 2.38. The summed E-state index contributed by atoms with van der Waals surface area (Å²) in [4.78, 5) is 10.7. The smallest absolute Gasteiger partial charge is 0.248 e. The highest BCUT2D eigenvalue weighted by Gasteiger charge is 2.14. The van der Waals surface area contributed by atoms with Crippen LogP contribution in [0.4, 0.5) is 0 Å². The van der Waals surface area contributed by atoms with Gasteiger partial charge >= 0.3 is 0 Å². The first-order chi connectivity index (χ1) is 5.13. The summed E-state index contributed by atoms with van der Waals surface area (Å²) in [5.41, 5.74) is 11.6. The summed E-state index contributed by atoms with van der Waals surface area (Å²) in [6, 6.07) is 0. The van der Waals surface area contributed by atoms with Gasteiger partial charge in [0.2, 0.25) is 5.91 Å². The van der Waals surface area contributed by atoms with Gasteiger partial charge < -0.3 is 16.8 Å². The summed E-state index contributed by atoms with van der Waals surface area (Å²) in [5, 5.41) is 2.89. The first-order valence-corrected chi connectivity index (χ1v) is 4.08. The molecule has 1 aliphatic rings. The minimum Gasteiger partial charge on any atom is -0.397 e. The Morgan fingerprint density at radius 2 is 2.36 bits per heavy atom. The van der Waals surface area contributed by atoms with Crippen LogP contribution < -0.4 is 16.8 Å². The fourth-order valence-corrected chi connectivity index (χ4v) is 1.33. The van der Waals surface area contributed by atoms with Gasteiger partial charge in [-0.3, -0.25) is 4.79 Å².